The Morgan fingerprint density at radius 3 is 2.79 bits per heavy atom. The molecule has 1 N–H and O–H groups in total. The second-order valence-corrected chi connectivity index (χ2v) is 4.58. The molecule has 1 nitrogen and oxygen atoms in total. The number of benzene rings is 1. The molecule has 0 aromatic heterocycles. The topological polar surface area (TPSA) is 12.0 Å². The molecule has 0 amide bonds. The molecular formula is C13H17N. The fourth-order valence-electron chi connectivity index (χ4n) is 2.46. The normalized spacial score (nSPS) is 25.9. The minimum atomic E-state index is 0.646. The summed E-state index contributed by atoms with van der Waals surface area (Å²) in [6.07, 6.45) is 6.73. The van der Waals surface area contributed by atoms with Crippen molar-refractivity contribution in [2.45, 2.75) is 44.2 Å². The van der Waals surface area contributed by atoms with Crippen molar-refractivity contribution in [1.29, 1.82) is 0 Å². The molecule has 1 aromatic rings. The number of rotatable bonds is 2. The molecule has 2 aliphatic carbocycles. The van der Waals surface area contributed by atoms with Gasteiger partial charge < -0.3 is 5.32 Å². The van der Waals surface area contributed by atoms with Crippen LogP contribution in [0.15, 0.2) is 24.3 Å². The van der Waals surface area contributed by atoms with Crippen LogP contribution in [0, 0.1) is 0 Å². The molecule has 0 bridgehead atoms. The average molecular weight is 187 g/mol. The van der Waals surface area contributed by atoms with Gasteiger partial charge in [0.15, 0.2) is 0 Å². The smallest absolute Gasteiger partial charge is 0.0325 e. The van der Waals surface area contributed by atoms with Gasteiger partial charge in [-0.1, -0.05) is 24.3 Å². The van der Waals surface area contributed by atoms with Crippen molar-refractivity contribution in [2.75, 3.05) is 0 Å². The van der Waals surface area contributed by atoms with Gasteiger partial charge in [-0.15, -0.1) is 0 Å². The summed E-state index contributed by atoms with van der Waals surface area (Å²) in [5.41, 5.74) is 3.13. The van der Waals surface area contributed by atoms with Crippen molar-refractivity contribution in [3.05, 3.63) is 35.4 Å². The zero-order valence-corrected chi connectivity index (χ0v) is 8.50. The van der Waals surface area contributed by atoms with E-state index in [0.29, 0.717) is 6.04 Å². The van der Waals surface area contributed by atoms with Crippen LogP contribution < -0.4 is 5.32 Å². The molecule has 0 radical (unpaired) electrons. The largest absolute Gasteiger partial charge is 0.307 e. The Balaban J connectivity index is 1.85. The van der Waals surface area contributed by atoms with E-state index in [1.54, 1.807) is 11.1 Å². The second-order valence-electron chi connectivity index (χ2n) is 4.58. The lowest BCUT2D eigenvalue weighted by molar-refractivity contribution is 0.457. The Bertz CT molecular complexity index is 328. The summed E-state index contributed by atoms with van der Waals surface area (Å²) >= 11 is 0. The number of fused-ring (bicyclic) bond motifs is 1. The second kappa shape index (κ2) is 3.39. The number of nitrogens with one attached hydrogen (secondary N) is 1. The maximum absolute atomic E-state index is 3.75. The summed E-state index contributed by atoms with van der Waals surface area (Å²) in [4.78, 5) is 0. The molecule has 1 atom stereocenters. The van der Waals surface area contributed by atoms with Gasteiger partial charge in [0.1, 0.15) is 0 Å². The third-order valence-corrected chi connectivity index (χ3v) is 3.38. The van der Waals surface area contributed by atoms with Crippen LogP contribution in [-0.4, -0.2) is 6.04 Å². The Labute approximate surface area is 85.5 Å². The fourth-order valence-corrected chi connectivity index (χ4v) is 2.46. The van der Waals surface area contributed by atoms with Crippen LogP contribution in [0.2, 0.25) is 0 Å². The van der Waals surface area contributed by atoms with Gasteiger partial charge in [0, 0.05) is 12.1 Å². The highest BCUT2D eigenvalue weighted by Crippen LogP contribution is 2.32. The van der Waals surface area contributed by atoms with Crippen molar-refractivity contribution in [2.24, 2.45) is 0 Å². The van der Waals surface area contributed by atoms with Crippen molar-refractivity contribution in [1.82, 2.24) is 5.32 Å². The van der Waals surface area contributed by atoms with Gasteiger partial charge in [0.25, 0.3) is 0 Å². The predicted octanol–water partition coefficient (Wildman–Crippen LogP) is 2.82. The van der Waals surface area contributed by atoms with Crippen molar-refractivity contribution in [3.8, 4) is 0 Å². The molecule has 14 heavy (non-hydrogen) atoms. The lowest BCUT2D eigenvalue weighted by Gasteiger charge is -2.26. The van der Waals surface area contributed by atoms with E-state index >= 15 is 0 Å². The first-order valence-corrected chi connectivity index (χ1v) is 5.77. The third-order valence-electron chi connectivity index (χ3n) is 3.38. The van der Waals surface area contributed by atoms with Gasteiger partial charge >= 0.3 is 0 Å². The van der Waals surface area contributed by atoms with Crippen LogP contribution in [0.25, 0.3) is 0 Å². The Kier molecular flexibility index (Phi) is 2.06. The van der Waals surface area contributed by atoms with Gasteiger partial charge in [0.05, 0.1) is 0 Å². The zero-order valence-electron chi connectivity index (χ0n) is 8.50. The van der Waals surface area contributed by atoms with Crippen LogP contribution in [0.1, 0.15) is 42.9 Å². The molecule has 2 aliphatic rings. The summed E-state index contributed by atoms with van der Waals surface area (Å²) in [5, 5.41) is 3.75. The van der Waals surface area contributed by atoms with E-state index in [9.17, 15) is 0 Å². The number of hydrogen-bond acceptors (Lipinski definition) is 1. The predicted molar refractivity (Wildman–Crippen MR) is 58.3 cm³/mol. The van der Waals surface area contributed by atoms with Gasteiger partial charge in [-0.25, -0.2) is 0 Å². The summed E-state index contributed by atoms with van der Waals surface area (Å²) in [6, 6.07) is 10.4. The van der Waals surface area contributed by atoms with Gasteiger partial charge in [-0.05, 0) is 43.2 Å². The standard InChI is InChI=1S/C13H17N/c1-2-6-12-10(4-1)5-3-7-13(12)14-11-8-9-11/h1-2,4,6,11,13-14H,3,5,7-9H2. The third kappa shape index (κ3) is 1.57. The van der Waals surface area contributed by atoms with Gasteiger partial charge in [-0.3, -0.25) is 0 Å². The van der Waals surface area contributed by atoms with Crippen LogP contribution in [0.5, 0.6) is 0 Å². The summed E-state index contributed by atoms with van der Waals surface area (Å²) < 4.78 is 0. The van der Waals surface area contributed by atoms with E-state index in [0.717, 1.165) is 6.04 Å². The summed E-state index contributed by atoms with van der Waals surface area (Å²) in [6.45, 7) is 0. The zero-order chi connectivity index (χ0) is 9.38. The first-order valence-electron chi connectivity index (χ1n) is 5.77. The molecule has 3 rings (SSSR count). The highest BCUT2D eigenvalue weighted by Gasteiger charge is 2.27. The minimum Gasteiger partial charge on any atom is -0.307 e. The maximum Gasteiger partial charge on any atom is 0.0325 e. The van der Waals surface area contributed by atoms with Crippen LogP contribution in [0.4, 0.5) is 0 Å². The molecular weight excluding hydrogens is 170 g/mol. The van der Waals surface area contributed by atoms with Crippen molar-refractivity contribution in [3.63, 3.8) is 0 Å². The Morgan fingerprint density at radius 1 is 1.07 bits per heavy atom. The molecule has 1 saturated carbocycles. The Morgan fingerprint density at radius 2 is 1.93 bits per heavy atom. The summed E-state index contributed by atoms with van der Waals surface area (Å²) in [7, 11) is 0. The molecule has 0 aliphatic heterocycles. The minimum absolute atomic E-state index is 0.646. The van der Waals surface area contributed by atoms with Crippen molar-refractivity contribution < 1.29 is 0 Å². The van der Waals surface area contributed by atoms with E-state index < -0.39 is 0 Å². The fraction of sp³-hybridized carbons (Fsp3) is 0.538. The van der Waals surface area contributed by atoms with E-state index in [4.69, 9.17) is 0 Å². The number of aryl methyl sites for hydroxylation is 1. The molecule has 0 heterocycles. The van der Waals surface area contributed by atoms with E-state index in [-0.39, 0.29) is 0 Å². The van der Waals surface area contributed by atoms with Crippen LogP contribution in [0.3, 0.4) is 0 Å². The SMILES string of the molecule is c1ccc2c(c1)CCCC2NC1CC1. The number of hydrogen-bond donors (Lipinski definition) is 1. The first kappa shape index (κ1) is 8.49. The lowest BCUT2D eigenvalue weighted by Crippen LogP contribution is -2.26. The molecule has 1 unspecified atom stereocenters. The van der Waals surface area contributed by atoms with Crippen LogP contribution in [-0.2, 0) is 6.42 Å². The van der Waals surface area contributed by atoms with Crippen LogP contribution >= 0.6 is 0 Å². The van der Waals surface area contributed by atoms with Gasteiger partial charge in [-0.2, -0.15) is 0 Å². The summed E-state index contributed by atoms with van der Waals surface area (Å²) in [5.74, 6) is 0. The molecule has 74 valence electrons. The lowest BCUT2D eigenvalue weighted by atomic mass is 9.88. The highest BCUT2D eigenvalue weighted by atomic mass is 15.0. The quantitative estimate of drug-likeness (QED) is 0.750. The molecule has 1 fully saturated rings. The maximum atomic E-state index is 3.75. The molecule has 0 spiro atoms. The first-order chi connectivity index (χ1) is 6.93. The van der Waals surface area contributed by atoms with Crippen molar-refractivity contribution >= 4 is 0 Å². The van der Waals surface area contributed by atoms with E-state index in [1.807, 2.05) is 0 Å². The highest BCUT2D eigenvalue weighted by molar-refractivity contribution is 5.32. The average Bonchev–Trinajstić information content (AvgIpc) is 3.03. The monoisotopic (exact) mass is 187 g/mol. The van der Waals surface area contributed by atoms with E-state index in [2.05, 4.69) is 29.6 Å². The molecule has 1 heteroatoms. The molecule has 1 aromatic carbocycles. The van der Waals surface area contributed by atoms with Gasteiger partial charge in [0.2, 0.25) is 0 Å². The Hall–Kier alpha value is -0.820. The van der Waals surface area contributed by atoms with E-state index in [1.165, 1.54) is 32.1 Å². The molecule has 0 saturated heterocycles.